The summed E-state index contributed by atoms with van der Waals surface area (Å²) in [7, 11) is 0. The lowest BCUT2D eigenvalue weighted by Gasteiger charge is -2.33. The van der Waals surface area contributed by atoms with Crippen LogP contribution >= 0.6 is 0 Å². The van der Waals surface area contributed by atoms with Crippen molar-refractivity contribution in [2.45, 2.75) is 117 Å². The fourth-order valence-corrected chi connectivity index (χ4v) is 5.08. The van der Waals surface area contributed by atoms with E-state index in [-0.39, 0.29) is 42.5 Å². The molecule has 10 atom stereocenters. The molecule has 1 fully saturated rings. The van der Waals surface area contributed by atoms with Crippen LogP contribution in [0, 0.1) is 17.8 Å². The number of hydrogen-bond donors (Lipinski definition) is 2. The SMILES string of the molecule is CC[C@H](O)[C@@H](C)[C@H]1O[C@@H]1C[C@@H](C)/C=C/C=C(\C)[C@@H]1OC(=O)C[C@H](O)/C=C/[C@@](C)(OC(C)=O)[C@H](OC(C)=O)/C=C/[C@H]1C. The van der Waals surface area contributed by atoms with Gasteiger partial charge in [-0.3, -0.25) is 14.4 Å². The third-order valence-corrected chi connectivity index (χ3v) is 7.59. The van der Waals surface area contributed by atoms with Crippen molar-refractivity contribution in [2.75, 3.05) is 0 Å². The highest BCUT2D eigenvalue weighted by Crippen LogP contribution is 2.36. The summed E-state index contributed by atoms with van der Waals surface area (Å²) in [6, 6.07) is 0. The number of cyclic esters (lactones) is 1. The molecule has 0 aliphatic carbocycles. The minimum atomic E-state index is -1.41. The Kier molecular flexibility index (Phi) is 13.0. The molecule has 0 unspecified atom stereocenters. The molecule has 2 N–H and O–H groups in total. The second-order valence-electron chi connectivity index (χ2n) is 11.6. The maximum absolute atomic E-state index is 12.7. The van der Waals surface area contributed by atoms with Gasteiger partial charge in [0.05, 0.1) is 30.8 Å². The predicted octanol–water partition coefficient (Wildman–Crippen LogP) is 4.37. The van der Waals surface area contributed by atoms with Gasteiger partial charge in [-0.25, -0.2) is 0 Å². The summed E-state index contributed by atoms with van der Waals surface area (Å²) < 4.78 is 22.6. The van der Waals surface area contributed by atoms with E-state index >= 15 is 0 Å². The summed E-state index contributed by atoms with van der Waals surface area (Å²) >= 11 is 0. The van der Waals surface area contributed by atoms with Gasteiger partial charge in [-0.1, -0.05) is 58.1 Å². The lowest BCUT2D eigenvalue weighted by atomic mass is 9.92. The van der Waals surface area contributed by atoms with Crippen molar-refractivity contribution < 1.29 is 43.5 Å². The Morgan fingerprint density at radius 3 is 2.46 bits per heavy atom. The van der Waals surface area contributed by atoms with Crippen molar-refractivity contribution in [1.82, 2.24) is 0 Å². The third-order valence-electron chi connectivity index (χ3n) is 7.59. The molecule has 2 heterocycles. The normalized spacial score (nSPS) is 34.8. The third kappa shape index (κ3) is 10.9. The smallest absolute Gasteiger partial charge is 0.309 e. The predicted molar refractivity (Wildman–Crippen MR) is 154 cm³/mol. The van der Waals surface area contributed by atoms with Crippen molar-refractivity contribution in [3.05, 3.63) is 48.1 Å². The Labute approximate surface area is 244 Å². The number of rotatable bonds is 10. The average molecular weight is 577 g/mol. The molecule has 9 nitrogen and oxygen atoms in total. The zero-order valence-electron chi connectivity index (χ0n) is 25.6. The molecule has 2 rings (SSSR count). The molecule has 9 heteroatoms. The zero-order valence-corrected chi connectivity index (χ0v) is 25.6. The summed E-state index contributed by atoms with van der Waals surface area (Å²) in [5.41, 5.74) is -0.624. The molecule has 0 spiro atoms. The number of epoxide rings is 1. The quantitative estimate of drug-likeness (QED) is 0.128. The molecule has 0 amide bonds. The number of allylic oxidation sites excluding steroid dienone is 3. The van der Waals surface area contributed by atoms with E-state index in [1.54, 1.807) is 19.1 Å². The maximum Gasteiger partial charge on any atom is 0.309 e. The van der Waals surface area contributed by atoms with Crippen LogP contribution in [0.5, 0.6) is 0 Å². The van der Waals surface area contributed by atoms with Gasteiger partial charge in [-0.05, 0) is 50.3 Å². The number of ether oxygens (including phenoxy) is 4. The van der Waals surface area contributed by atoms with Crippen molar-refractivity contribution in [1.29, 1.82) is 0 Å². The topological polar surface area (TPSA) is 132 Å². The van der Waals surface area contributed by atoms with E-state index in [0.29, 0.717) is 6.42 Å². The Bertz CT molecular complexity index is 1030. The maximum atomic E-state index is 12.7. The highest BCUT2D eigenvalue weighted by Gasteiger charge is 2.45. The summed E-state index contributed by atoms with van der Waals surface area (Å²) in [5, 5.41) is 20.5. The molecule has 0 radical (unpaired) electrons. The first kappa shape index (κ1) is 34.5. The molecule has 230 valence electrons. The van der Waals surface area contributed by atoms with Crippen LogP contribution in [-0.4, -0.2) is 70.3 Å². The molecule has 0 aromatic heterocycles. The zero-order chi connectivity index (χ0) is 30.9. The van der Waals surface area contributed by atoms with Gasteiger partial charge >= 0.3 is 17.9 Å². The van der Waals surface area contributed by atoms with Crippen LogP contribution in [0.1, 0.15) is 74.7 Å². The number of carbonyl (C=O) groups excluding carboxylic acids is 3. The van der Waals surface area contributed by atoms with Crippen LogP contribution < -0.4 is 0 Å². The minimum absolute atomic E-state index is 0.0880. The van der Waals surface area contributed by atoms with Gasteiger partial charge in [0.15, 0.2) is 11.7 Å². The van der Waals surface area contributed by atoms with Crippen LogP contribution in [-0.2, 0) is 33.3 Å². The van der Waals surface area contributed by atoms with Crippen LogP contribution in [0.25, 0.3) is 0 Å². The number of aliphatic hydroxyl groups excluding tert-OH is 2. The van der Waals surface area contributed by atoms with E-state index in [1.807, 2.05) is 39.8 Å². The molecule has 0 saturated carbocycles. The Morgan fingerprint density at radius 2 is 1.85 bits per heavy atom. The number of hydrogen-bond acceptors (Lipinski definition) is 9. The summed E-state index contributed by atoms with van der Waals surface area (Å²) in [5.74, 6) is -1.73. The molecule has 2 aliphatic rings. The van der Waals surface area contributed by atoms with Crippen molar-refractivity contribution in [2.24, 2.45) is 17.8 Å². The van der Waals surface area contributed by atoms with Crippen LogP contribution in [0.2, 0.25) is 0 Å². The second kappa shape index (κ2) is 15.5. The standard InChI is InChI=1S/C32H48O9/c1-9-26(36)22(5)31-27(39-31)17-19(2)11-10-12-20(3)30-21(4)13-14-28(38-23(6)33)32(8,41-24(7)34)16-15-25(35)18-29(37)40-30/h10-16,19,21-22,25-28,30-31,35-36H,9,17-18H2,1-8H3/b11-10+,14-13+,16-15+,20-12+/t19-,21+,22+,25+,26-,27+,28+,30-,31+,32+/m0/s1. The summed E-state index contributed by atoms with van der Waals surface area (Å²) in [6.07, 6.45) is 10.3. The molecule has 0 aromatic rings. The van der Waals surface area contributed by atoms with Crippen LogP contribution in [0.3, 0.4) is 0 Å². The van der Waals surface area contributed by atoms with Crippen LogP contribution in [0.4, 0.5) is 0 Å². The van der Waals surface area contributed by atoms with Crippen molar-refractivity contribution >= 4 is 17.9 Å². The number of carbonyl (C=O) groups is 3. The second-order valence-corrected chi connectivity index (χ2v) is 11.6. The minimum Gasteiger partial charge on any atom is -0.457 e. The fourth-order valence-electron chi connectivity index (χ4n) is 5.08. The van der Waals surface area contributed by atoms with E-state index in [4.69, 9.17) is 18.9 Å². The Balaban J connectivity index is 2.22. The van der Waals surface area contributed by atoms with Gasteiger partial charge < -0.3 is 29.2 Å². The molecule has 0 aromatic carbocycles. The van der Waals surface area contributed by atoms with E-state index in [1.165, 1.54) is 26.0 Å². The van der Waals surface area contributed by atoms with Crippen LogP contribution in [0.15, 0.2) is 48.1 Å². The summed E-state index contributed by atoms with van der Waals surface area (Å²) in [6.45, 7) is 13.9. The molecule has 1 saturated heterocycles. The van der Waals surface area contributed by atoms with Gasteiger partial charge in [-0.2, -0.15) is 0 Å². The highest BCUT2D eigenvalue weighted by molar-refractivity contribution is 5.71. The van der Waals surface area contributed by atoms with Crippen molar-refractivity contribution in [3.63, 3.8) is 0 Å². The van der Waals surface area contributed by atoms with E-state index in [0.717, 1.165) is 12.0 Å². The summed E-state index contributed by atoms with van der Waals surface area (Å²) in [4.78, 5) is 36.5. The van der Waals surface area contributed by atoms with Crippen molar-refractivity contribution in [3.8, 4) is 0 Å². The largest absolute Gasteiger partial charge is 0.457 e. The van der Waals surface area contributed by atoms with Gasteiger partial charge in [0.2, 0.25) is 0 Å². The highest BCUT2D eigenvalue weighted by atomic mass is 16.6. The Morgan fingerprint density at radius 1 is 1.17 bits per heavy atom. The molecule has 41 heavy (non-hydrogen) atoms. The monoisotopic (exact) mass is 576 g/mol. The van der Waals surface area contributed by atoms with Gasteiger partial charge in [-0.15, -0.1) is 0 Å². The first-order chi connectivity index (χ1) is 19.2. The first-order valence-corrected chi connectivity index (χ1v) is 14.5. The molecule has 0 bridgehead atoms. The molecular formula is C32H48O9. The fraction of sp³-hybridized carbons (Fsp3) is 0.656. The molecule has 2 aliphatic heterocycles. The first-order valence-electron chi connectivity index (χ1n) is 14.5. The molecular weight excluding hydrogens is 528 g/mol. The van der Waals surface area contributed by atoms with E-state index in [9.17, 15) is 24.6 Å². The van der Waals surface area contributed by atoms with Gasteiger partial charge in [0.1, 0.15) is 6.10 Å². The average Bonchev–Trinajstić information content (AvgIpc) is 3.64. The van der Waals surface area contributed by atoms with Gasteiger partial charge in [0.25, 0.3) is 0 Å². The van der Waals surface area contributed by atoms with E-state index < -0.39 is 41.8 Å². The lowest BCUT2D eigenvalue weighted by Crippen LogP contribution is -2.43. The number of esters is 3. The van der Waals surface area contributed by atoms with Gasteiger partial charge in [0, 0.05) is 25.7 Å². The Hall–Kier alpha value is -2.75. The lowest BCUT2D eigenvalue weighted by molar-refractivity contribution is -0.169. The number of aliphatic hydroxyl groups is 2. The van der Waals surface area contributed by atoms with E-state index in [2.05, 4.69) is 13.0 Å².